The second kappa shape index (κ2) is 9.70. The first-order valence-electron chi connectivity index (χ1n) is 11.1. The first-order chi connectivity index (χ1) is 15.8. The summed E-state index contributed by atoms with van der Waals surface area (Å²) in [4.78, 5) is 26.7. The number of nitrogens with zero attached hydrogens (tertiary/aromatic N) is 2. The van der Waals surface area contributed by atoms with Crippen LogP contribution < -0.4 is 10.7 Å². The van der Waals surface area contributed by atoms with Gasteiger partial charge in [-0.2, -0.15) is 0 Å². The predicted octanol–water partition coefficient (Wildman–Crippen LogP) is 3.73. The van der Waals surface area contributed by atoms with Gasteiger partial charge in [0, 0.05) is 38.0 Å². The second-order valence-electron chi connectivity index (χ2n) is 8.80. The molecule has 6 nitrogen and oxygen atoms in total. The van der Waals surface area contributed by atoms with E-state index < -0.39 is 11.6 Å². The Bertz CT molecular complexity index is 1030. The van der Waals surface area contributed by atoms with Crippen LogP contribution >= 0.6 is 0 Å². The van der Waals surface area contributed by atoms with E-state index in [1.54, 1.807) is 11.1 Å². The van der Waals surface area contributed by atoms with Crippen molar-refractivity contribution in [3.63, 3.8) is 0 Å². The van der Waals surface area contributed by atoms with Crippen LogP contribution in [0.1, 0.15) is 55.3 Å². The summed E-state index contributed by atoms with van der Waals surface area (Å²) in [5.74, 6) is -1.27. The predicted molar refractivity (Wildman–Crippen MR) is 120 cm³/mol. The van der Waals surface area contributed by atoms with Crippen LogP contribution in [-0.2, 0) is 16.1 Å². The highest BCUT2D eigenvalue weighted by Gasteiger charge is 2.39. The summed E-state index contributed by atoms with van der Waals surface area (Å²) in [7, 11) is 0. The molecule has 0 saturated carbocycles. The minimum atomic E-state index is -0.688. The van der Waals surface area contributed by atoms with Gasteiger partial charge in [-0.3, -0.25) is 9.59 Å². The molecule has 2 unspecified atom stereocenters. The van der Waals surface area contributed by atoms with Crippen molar-refractivity contribution in [3.8, 4) is 0 Å². The smallest absolute Gasteiger partial charge is 0.250 e. The molecule has 2 aliphatic heterocycles. The maximum absolute atomic E-state index is 13.3. The molecule has 2 aromatic carbocycles. The molecule has 2 aromatic rings. The van der Waals surface area contributed by atoms with Crippen LogP contribution in [0.4, 0.5) is 8.78 Å². The van der Waals surface area contributed by atoms with Crippen molar-refractivity contribution in [3.05, 3.63) is 83.2 Å². The Morgan fingerprint density at radius 1 is 1.12 bits per heavy atom. The van der Waals surface area contributed by atoms with Crippen LogP contribution in [0.25, 0.3) is 0 Å². The number of carbonyl (C=O) groups is 2. The number of carbonyl (C=O) groups excluding carboxylic acids is 2. The van der Waals surface area contributed by atoms with Crippen LogP contribution in [0, 0.1) is 11.6 Å². The number of halogens is 2. The van der Waals surface area contributed by atoms with Crippen molar-refractivity contribution in [2.45, 2.75) is 51.2 Å². The molecular formula is C25H28F2N4O2. The van der Waals surface area contributed by atoms with Crippen LogP contribution in [0.5, 0.6) is 0 Å². The molecule has 2 aliphatic rings. The Morgan fingerprint density at radius 3 is 2.48 bits per heavy atom. The molecule has 2 amide bonds. The summed E-state index contributed by atoms with van der Waals surface area (Å²) in [6, 6.07) is 11.3. The quantitative estimate of drug-likeness (QED) is 0.669. The van der Waals surface area contributed by atoms with E-state index in [0.29, 0.717) is 17.9 Å². The first-order valence-corrected chi connectivity index (χ1v) is 11.1. The minimum absolute atomic E-state index is 0.0227. The lowest BCUT2D eigenvalue weighted by atomic mass is 9.97. The number of fused-ring (bicyclic) bond motifs is 1. The largest absolute Gasteiger partial charge is 0.352 e. The number of rotatable bonds is 7. The van der Waals surface area contributed by atoms with Crippen molar-refractivity contribution < 1.29 is 18.4 Å². The number of hydrogen-bond donors (Lipinski definition) is 2. The molecular weight excluding hydrogens is 426 g/mol. The summed E-state index contributed by atoms with van der Waals surface area (Å²) in [5.41, 5.74) is 6.13. The molecule has 33 heavy (non-hydrogen) atoms. The second-order valence-corrected chi connectivity index (χ2v) is 8.80. The van der Waals surface area contributed by atoms with E-state index in [4.69, 9.17) is 0 Å². The van der Waals surface area contributed by atoms with E-state index in [1.165, 1.54) is 17.7 Å². The molecule has 1 saturated heterocycles. The Balaban J connectivity index is 1.28. The zero-order valence-corrected chi connectivity index (χ0v) is 18.7. The van der Waals surface area contributed by atoms with Crippen LogP contribution in [-0.4, -0.2) is 34.3 Å². The number of amides is 2. The molecule has 4 rings (SSSR count). The number of nitrogens with one attached hydrogen (secondary N) is 2. The molecule has 174 valence electrons. The molecule has 0 spiro atoms. The summed E-state index contributed by atoms with van der Waals surface area (Å²) < 4.78 is 26.5. The fourth-order valence-electron chi connectivity index (χ4n) is 4.18. The van der Waals surface area contributed by atoms with Gasteiger partial charge in [0.05, 0.1) is 6.04 Å². The third-order valence-corrected chi connectivity index (χ3v) is 6.07. The van der Waals surface area contributed by atoms with Crippen LogP contribution in [0.2, 0.25) is 0 Å². The summed E-state index contributed by atoms with van der Waals surface area (Å²) in [6.45, 7) is 4.57. The van der Waals surface area contributed by atoms with Gasteiger partial charge in [-0.15, -0.1) is 0 Å². The summed E-state index contributed by atoms with van der Waals surface area (Å²) in [6.07, 6.45) is 4.22. The highest BCUT2D eigenvalue weighted by atomic mass is 19.1. The van der Waals surface area contributed by atoms with Gasteiger partial charge in [0.2, 0.25) is 5.91 Å². The van der Waals surface area contributed by atoms with Crippen LogP contribution in [0.3, 0.4) is 0 Å². The van der Waals surface area contributed by atoms with Gasteiger partial charge in [0.15, 0.2) is 0 Å². The van der Waals surface area contributed by atoms with Crippen molar-refractivity contribution in [2.24, 2.45) is 0 Å². The molecule has 2 heterocycles. The van der Waals surface area contributed by atoms with Crippen molar-refractivity contribution in [1.29, 1.82) is 0 Å². The fourth-order valence-corrected chi connectivity index (χ4v) is 4.18. The zero-order valence-electron chi connectivity index (χ0n) is 18.7. The molecule has 8 heteroatoms. The standard InChI is InChI=1S/C25H28F2N4O2/c1-16(2)18-3-5-19(6-4-18)22-14-23-25(33)30(9-10-31(23)29-22)8-7-24(32)28-15-17-11-20(26)13-21(27)12-17/h3-6,9-13,16,22-23,29H,7-8,14-15H2,1-2H3,(H,28,32). The van der Waals surface area contributed by atoms with Gasteiger partial charge in [-0.05, 0) is 41.2 Å². The molecule has 0 aliphatic carbocycles. The van der Waals surface area contributed by atoms with E-state index in [0.717, 1.165) is 11.6 Å². The van der Waals surface area contributed by atoms with Gasteiger partial charge in [0.25, 0.3) is 5.91 Å². The highest BCUT2D eigenvalue weighted by Crippen LogP contribution is 2.31. The fraction of sp³-hybridized carbons (Fsp3) is 0.360. The van der Waals surface area contributed by atoms with E-state index >= 15 is 0 Å². The van der Waals surface area contributed by atoms with Gasteiger partial charge in [-0.25, -0.2) is 14.2 Å². The average Bonchev–Trinajstić information content (AvgIpc) is 3.22. The van der Waals surface area contributed by atoms with Gasteiger partial charge >= 0.3 is 0 Å². The third-order valence-electron chi connectivity index (χ3n) is 6.07. The van der Waals surface area contributed by atoms with E-state index in [1.807, 2.05) is 11.2 Å². The third kappa shape index (κ3) is 5.39. The van der Waals surface area contributed by atoms with E-state index in [2.05, 4.69) is 48.9 Å². The van der Waals surface area contributed by atoms with E-state index in [-0.39, 0.29) is 43.4 Å². The average molecular weight is 455 g/mol. The zero-order chi connectivity index (χ0) is 23.5. The van der Waals surface area contributed by atoms with Crippen molar-refractivity contribution in [1.82, 2.24) is 20.7 Å². The molecule has 0 radical (unpaired) electrons. The maximum Gasteiger partial charge on any atom is 0.250 e. The number of hydrazine groups is 1. The molecule has 2 atom stereocenters. The van der Waals surface area contributed by atoms with Crippen LogP contribution in [0.15, 0.2) is 54.9 Å². The maximum atomic E-state index is 13.3. The Labute approximate surface area is 192 Å². The Morgan fingerprint density at radius 2 is 1.82 bits per heavy atom. The monoisotopic (exact) mass is 454 g/mol. The highest BCUT2D eigenvalue weighted by molar-refractivity contribution is 5.85. The lowest BCUT2D eigenvalue weighted by molar-refractivity contribution is -0.134. The lowest BCUT2D eigenvalue weighted by Gasteiger charge is -2.31. The van der Waals surface area contributed by atoms with E-state index in [9.17, 15) is 18.4 Å². The molecule has 1 fully saturated rings. The molecule has 2 N–H and O–H groups in total. The van der Waals surface area contributed by atoms with Crippen molar-refractivity contribution >= 4 is 11.8 Å². The van der Waals surface area contributed by atoms with Crippen molar-refractivity contribution in [2.75, 3.05) is 6.54 Å². The first kappa shape index (κ1) is 22.9. The SMILES string of the molecule is CC(C)c1ccc(C2CC3C(=O)N(CCC(=O)NCc4cc(F)cc(F)c4)C=CN3N2)cc1. The number of benzene rings is 2. The molecule has 0 bridgehead atoms. The normalized spacial score (nSPS) is 19.8. The lowest BCUT2D eigenvalue weighted by Crippen LogP contribution is -2.48. The number of hydrogen-bond acceptors (Lipinski definition) is 4. The van der Waals surface area contributed by atoms with Gasteiger partial charge in [-0.1, -0.05) is 38.1 Å². The molecule has 0 aromatic heterocycles. The summed E-state index contributed by atoms with van der Waals surface area (Å²) >= 11 is 0. The van der Waals surface area contributed by atoms with Gasteiger partial charge in [0.1, 0.15) is 17.7 Å². The summed E-state index contributed by atoms with van der Waals surface area (Å²) in [5, 5.41) is 4.47. The minimum Gasteiger partial charge on any atom is -0.352 e. The van der Waals surface area contributed by atoms with Gasteiger partial charge < -0.3 is 15.2 Å². The Kier molecular flexibility index (Phi) is 6.74. The topological polar surface area (TPSA) is 64.7 Å². The Hall–Kier alpha value is -3.26.